The van der Waals surface area contributed by atoms with Crippen molar-refractivity contribution in [3.63, 3.8) is 0 Å². The molecule has 0 saturated heterocycles. The second kappa shape index (κ2) is 12.2. The van der Waals surface area contributed by atoms with Crippen LogP contribution in [0.15, 0.2) is 50.8 Å². The van der Waals surface area contributed by atoms with E-state index in [-0.39, 0.29) is 0 Å². The minimum absolute atomic E-state index is 0.797. The zero-order valence-electron chi connectivity index (χ0n) is 23.0. The Morgan fingerprint density at radius 3 is 1.11 bits per heavy atom. The van der Waals surface area contributed by atoms with E-state index >= 15 is 0 Å². The number of hydrogen-bond donors (Lipinski definition) is 0. The second-order valence-electron chi connectivity index (χ2n) is 9.20. The van der Waals surface area contributed by atoms with Crippen LogP contribution >= 0.6 is 0 Å². The average Bonchev–Trinajstić information content (AvgIpc) is 3.39. The van der Waals surface area contributed by atoms with Crippen molar-refractivity contribution in [1.82, 2.24) is 0 Å². The van der Waals surface area contributed by atoms with Crippen LogP contribution < -0.4 is 0 Å². The van der Waals surface area contributed by atoms with Gasteiger partial charge in [-0.25, -0.2) is 9.98 Å². The van der Waals surface area contributed by atoms with Crippen LogP contribution in [0.3, 0.4) is 0 Å². The molecule has 35 heavy (non-hydrogen) atoms. The van der Waals surface area contributed by atoms with E-state index in [0.29, 0.717) is 0 Å². The van der Waals surface area contributed by atoms with Crippen molar-refractivity contribution >= 4 is 22.8 Å². The van der Waals surface area contributed by atoms with Gasteiger partial charge in [-0.2, -0.15) is 0 Å². The summed E-state index contributed by atoms with van der Waals surface area (Å²) in [6.45, 7) is 17.3. The van der Waals surface area contributed by atoms with Gasteiger partial charge < -0.3 is 4.42 Å². The van der Waals surface area contributed by atoms with E-state index in [1.807, 2.05) is 26.0 Å². The van der Waals surface area contributed by atoms with Crippen LogP contribution in [0.5, 0.6) is 0 Å². The minimum Gasteiger partial charge on any atom is -0.454 e. The van der Waals surface area contributed by atoms with Crippen LogP contribution in [0.2, 0.25) is 0 Å². The normalized spacial score (nSPS) is 12.5. The minimum atomic E-state index is 0.797. The van der Waals surface area contributed by atoms with Crippen LogP contribution in [-0.2, 0) is 38.5 Å². The largest absolute Gasteiger partial charge is 0.454 e. The highest BCUT2D eigenvalue weighted by Gasteiger charge is 2.14. The predicted octanol–water partition coefficient (Wildman–Crippen LogP) is 8.94. The molecule has 0 saturated carbocycles. The van der Waals surface area contributed by atoms with E-state index in [4.69, 9.17) is 14.4 Å². The van der Waals surface area contributed by atoms with Crippen LogP contribution in [-0.4, -0.2) is 11.4 Å². The first-order valence-corrected chi connectivity index (χ1v) is 13.4. The predicted molar refractivity (Wildman–Crippen MR) is 152 cm³/mol. The molecule has 0 unspecified atom stereocenters. The van der Waals surface area contributed by atoms with Crippen LogP contribution in [0.1, 0.15) is 100 Å². The van der Waals surface area contributed by atoms with E-state index in [0.717, 1.165) is 72.8 Å². The van der Waals surface area contributed by atoms with Crippen LogP contribution in [0.25, 0.3) is 0 Å². The lowest BCUT2D eigenvalue weighted by atomic mass is 9.98. The molecule has 0 amide bonds. The van der Waals surface area contributed by atoms with E-state index < -0.39 is 0 Å². The van der Waals surface area contributed by atoms with Gasteiger partial charge in [0.15, 0.2) is 0 Å². The highest BCUT2D eigenvalue weighted by atomic mass is 16.3. The summed E-state index contributed by atoms with van der Waals surface area (Å²) in [5, 5.41) is 0. The highest BCUT2D eigenvalue weighted by Crippen LogP contribution is 2.31. The maximum absolute atomic E-state index is 6.27. The smallest absolute Gasteiger partial charge is 0.148 e. The first kappa shape index (κ1) is 26.7. The Morgan fingerprint density at radius 1 is 0.543 bits per heavy atom. The van der Waals surface area contributed by atoms with Crippen molar-refractivity contribution in [3.05, 3.63) is 81.3 Å². The highest BCUT2D eigenvalue weighted by molar-refractivity contribution is 6.02. The van der Waals surface area contributed by atoms with Gasteiger partial charge in [0, 0.05) is 0 Å². The summed E-state index contributed by atoms with van der Waals surface area (Å²) in [5.74, 6) is 1.59. The third-order valence-electron chi connectivity index (χ3n) is 6.87. The number of benzene rings is 2. The van der Waals surface area contributed by atoms with Gasteiger partial charge >= 0.3 is 0 Å². The standard InChI is InChI=1S/C32H42N2O/c1-9-23-17-25(11-3)31(26(12-4)18-23)33-21(7)29-15-16-30(35-29)22(8)34-32-27(13-5)19-24(10-2)20-28(32)14-6/h15-20H,9-14H2,1-8H3/b33-21+,34-22+. The molecule has 3 aromatic rings. The van der Waals surface area contributed by atoms with E-state index in [2.05, 4.69) is 65.8 Å². The molecule has 0 N–H and O–H groups in total. The molecule has 0 fully saturated rings. The van der Waals surface area contributed by atoms with Crippen molar-refractivity contribution in [2.75, 3.05) is 0 Å². The van der Waals surface area contributed by atoms with Gasteiger partial charge in [0.05, 0.1) is 22.8 Å². The van der Waals surface area contributed by atoms with Crippen molar-refractivity contribution in [3.8, 4) is 0 Å². The number of hydrogen-bond acceptors (Lipinski definition) is 3. The lowest BCUT2D eigenvalue weighted by Crippen LogP contribution is -1.98. The molecular weight excluding hydrogens is 428 g/mol. The van der Waals surface area contributed by atoms with Crippen molar-refractivity contribution in [1.29, 1.82) is 0 Å². The van der Waals surface area contributed by atoms with Gasteiger partial charge in [-0.3, -0.25) is 0 Å². The molecule has 0 radical (unpaired) electrons. The summed E-state index contributed by atoms with van der Waals surface area (Å²) in [4.78, 5) is 10.1. The maximum Gasteiger partial charge on any atom is 0.148 e. The Kier molecular flexibility index (Phi) is 9.26. The number of aliphatic imine (C=N–C) groups is 2. The second-order valence-corrected chi connectivity index (χ2v) is 9.20. The first-order chi connectivity index (χ1) is 16.9. The van der Waals surface area contributed by atoms with Gasteiger partial charge in [0.2, 0.25) is 0 Å². The summed E-state index contributed by atoms with van der Waals surface area (Å²) >= 11 is 0. The van der Waals surface area contributed by atoms with Crippen LogP contribution in [0.4, 0.5) is 11.4 Å². The van der Waals surface area contributed by atoms with Crippen LogP contribution in [0, 0.1) is 0 Å². The van der Waals surface area contributed by atoms with Crippen molar-refractivity contribution in [2.45, 2.75) is 93.9 Å². The molecule has 186 valence electrons. The number of aryl methyl sites for hydroxylation is 6. The third-order valence-corrected chi connectivity index (χ3v) is 6.87. The molecule has 0 aliphatic heterocycles. The van der Waals surface area contributed by atoms with Gasteiger partial charge in [-0.15, -0.1) is 0 Å². The van der Waals surface area contributed by atoms with Gasteiger partial charge in [-0.1, -0.05) is 65.8 Å². The van der Waals surface area contributed by atoms with Gasteiger partial charge in [0.1, 0.15) is 11.5 Å². The van der Waals surface area contributed by atoms with Crippen molar-refractivity contribution in [2.24, 2.45) is 9.98 Å². The zero-order valence-corrected chi connectivity index (χ0v) is 23.0. The molecule has 1 aromatic heterocycles. The Labute approximate surface area is 212 Å². The number of nitrogens with zero attached hydrogens (tertiary/aromatic N) is 2. The molecule has 0 bridgehead atoms. The fourth-order valence-corrected chi connectivity index (χ4v) is 4.61. The lowest BCUT2D eigenvalue weighted by Gasteiger charge is -2.13. The molecule has 0 spiro atoms. The molecule has 0 atom stereocenters. The third kappa shape index (κ3) is 6.01. The molecular formula is C32H42N2O. The quantitative estimate of drug-likeness (QED) is 0.272. The fraction of sp³-hybridized carbons (Fsp3) is 0.438. The Morgan fingerprint density at radius 2 is 0.857 bits per heavy atom. The molecule has 3 heteroatoms. The molecule has 0 aliphatic rings. The number of rotatable bonds is 10. The summed E-state index contributed by atoms with van der Waals surface area (Å²) in [6, 6.07) is 13.2. The average molecular weight is 471 g/mol. The Bertz CT molecular complexity index is 1080. The molecule has 2 aromatic carbocycles. The molecule has 3 nitrogen and oxygen atoms in total. The fourth-order valence-electron chi connectivity index (χ4n) is 4.61. The van der Waals surface area contributed by atoms with E-state index in [1.54, 1.807) is 0 Å². The number of furan rings is 1. The lowest BCUT2D eigenvalue weighted by molar-refractivity contribution is 0.547. The van der Waals surface area contributed by atoms with Crippen molar-refractivity contribution < 1.29 is 4.42 Å². The Balaban J connectivity index is 1.98. The maximum atomic E-state index is 6.27. The van der Waals surface area contributed by atoms with E-state index in [9.17, 15) is 0 Å². The molecule has 1 heterocycles. The first-order valence-electron chi connectivity index (χ1n) is 13.4. The van der Waals surface area contributed by atoms with E-state index in [1.165, 1.54) is 33.4 Å². The summed E-state index contributed by atoms with van der Waals surface area (Å²) in [6.07, 6.45) is 5.97. The monoisotopic (exact) mass is 470 g/mol. The van der Waals surface area contributed by atoms with Gasteiger partial charge in [-0.05, 0) is 97.9 Å². The summed E-state index contributed by atoms with van der Waals surface area (Å²) in [5.41, 5.74) is 12.0. The SMILES string of the molecule is CCc1cc(CC)c(/N=C(\C)c2ccc(/C(C)=N/c3c(CC)cc(CC)cc3CC)o2)c(CC)c1. The summed E-state index contributed by atoms with van der Waals surface area (Å²) in [7, 11) is 0. The topological polar surface area (TPSA) is 37.9 Å². The zero-order chi connectivity index (χ0) is 25.5. The molecule has 0 aliphatic carbocycles. The summed E-state index contributed by atoms with van der Waals surface area (Å²) < 4.78 is 6.27. The Hall–Kier alpha value is -2.94. The molecule has 3 rings (SSSR count). The van der Waals surface area contributed by atoms with Gasteiger partial charge in [0.25, 0.3) is 0 Å².